The van der Waals surface area contributed by atoms with Gasteiger partial charge in [-0.05, 0) is 25.2 Å². The van der Waals surface area contributed by atoms with E-state index < -0.39 is 0 Å². The van der Waals surface area contributed by atoms with Crippen molar-refractivity contribution in [3.8, 4) is 0 Å². The molecule has 0 aromatic heterocycles. The molecule has 1 aliphatic heterocycles. The molecule has 2 fully saturated rings. The molecule has 0 aromatic carbocycles. The van der Waals surface area contributed by atoms with E-state index in [1.165, 1.54) is 6.42 Å². The van der Waals surface area contributed by atoms with Gasteiger partial charge in [0.2, 0.25) is 0 Å². The van der Waals surface area contributed by atoms with Crippen LogP contribution in [-0.2, 0) is 9.53 Å². The molecule has 0 spiro atoms. The maximum absolute atomic E-state index is 10.8. The number of hydrogen-bond donors (Lipinski definition) is 0. The fourth-order valence-corrected chi connectivity index (χ4v) is 1.76. The number of rotatable bonds is 0. The monoisotopic (exact) mass is 126 g/mol. The van der Waals surface area contributed by atoms with E-state index in [1.807, 2.05) is 0 Å². The van der Waals surface area contributed by atoms with E-state index in [0.29, 0.717) is 12.5 Å². The van der Waals surface area contributed by atoms with Gasteiger partial charge in [0.05, 0.1) is 12.5 Å². The smallest absolute Gasteiger partial charge is 0.308 e. The maximum atomic E-state index is 10.8. The Morgan fingerprint density at radius 3 is 3.11 bits per heavy atom. The molecule has 2 nitrogen and oxygen atoms in total. The van der Waals surface area contributed by atoms with E-state index in [4.69, 9.17) is 4.74 Å². The van der Waals surface area contributed by atoms with Gasteiger partial charge in [-0.15, -0.1) is 0 Å². The van der Waals surface area contributed by atoms with Gasteiger partial charge in [-0.2, -0.15) is 0 Å². The van der Waals surface area contributed by atoms with Crippen LogP contribution in [0.3, 0.4) is 0 Å². The molecule has 2 heteroatoms. The second-order valence-electron chi connectivity index (χ2n) is 3.01. The number of fused-ring (bicyclic) bond motifs is 2. The molecule has 2 bridgehead atoms. The Morgan fingerprint density at radius 1 is 1.44 bits per heavy atom. The Bertz CT molecular complexity index is 142. The van der Waals surface area contributed by atoms with Crippen LogP contribution in [0.1, 0.15) is 19.3 Å². The molecule has 0 radical (unpaired) electrons. The molecule has 0 unspecified atom stereocenters. The first-order valence-corrected chi connectivity index (χ1v) is 3.53. The minimum absolute atomic E-state index is 0.0451. The van der Waals surface area contributed by atoms with E-state index in [9.17, 15) is 4.79 Å². The molecule has 1 aliphatic carbocycles. The number of carbonyl (C=O) groups excluding carboxylic acids is 1. The SMILES string of the molecule is O=C1OC[C@@H]2CC[C@H]1C2. The zero-order chi connectivity index (χ0) is 6.27. The van der Waals surface area contributed by atoms with Crippen molar-refractivity contribution < 1.29 is 9.53 Å². The van der Waals surface area contributed by atoms with Gasteiger partial charge >= 0.3 is 5.97 Å². The average molecular weight is 126 g/mol. The van der Waals surface area contributed by atoms with Crippen LogP contribution < -0.4 is 0 Å². The van der Waals surface area contributed by atoms with E-state index in [1.54, 1.807) is 0 Å². The molecule has 2 aliphatic rings. The summed E-state index contributed by atoms with van der Waals surface area (Å²) in [7, 11) is 0. The van der Waals surface area contributed by atoms with E-state index in [2.05, 4.69) is 0 Å². The van der Waals surface area contributed by atoms with Gasteiger partial charge in [-0.25, -0.2) is 0 Å². The normalized spacial score (nSPS) is 40.7. The molecule has 2 rings (SSSR count). The van der Waals surface area contributed by atoms with Crippen LogP contribution in [-0.4, -0.2) is 12.6 Å². The third-order valence-electron chi connectivity index (χ3n) is 2.34. The van der Waals surface area contributed by atoms with Gasteiger partial charge < -0.3 is 4.74 Å². The van der Waals surface area contributed by atoms with Gasteiger partial charge in [0.1, 0.15) is 0 Å². The zero-order valence-corrected chi connectivity index (χ0v) is 5.30. The van der Waals surface area contributed by atoms with Crippen LogP contribution in [0.4, 0.5) is 0 Å². The van der Waals surface area contributed by atoms with Gasteiger partial charge in [-0.1, -0.05) is 0 Å². The van der Waals surface area contributed by atoms with Gasteiger partial charge in [0.15, 0.2) is 0 Å². The van der Waals surface area contributed by atoms with Crippen LogP contribution in [0, 0.1) is 11.8 Å². The molecule has 1 saturated heterocycles. The summed E-state index contributed by atoms with van der Waals surface area (Å²) >= 11 is 0. The van der Waals surface area contributed by atoms with Crippen molar-refractivity contribution in [1.29, 1.82) is 0 Å². The second kappa shape index (κ2) is 1.72. The summed E-state index contributed by atoms with van der Waals surface area (Å²) in [6.45, 7) is 0.690. The first-order valence-electron chi connectivity index (χ1n) is 3.53. The third-order valence-corrected chi connectivity index (χ3v) is 2.34. The highest BCUT2D eigenvalue weighted by molar-refractivity contribution is 5.73. The van der Waals surface area contributed by atoms with Crippen LogP contribution in [0.5, 0.6) is 0 Å². The summed E-state index contributed by atoms with van der Waals surface area (Å²) in [4.78, 5) is 10.8. The molecular weight excluding hydrogens is 116 g/mol. The number of ether oxygens (including phenoxy) is 1. The molecule has 0 aromatic rings. The lowest BCUT2D eigenvalue weighted by atomic mass is 10.0. The maximum Gasteiger partial charge on any atom is 0.308 e. The molecule has 2 atom stereocenters. The molecule has 9 heavy (non-hydrogen) atoms. The minimum atomic E-state index is 0.0451. The number of carbonyl (C=O) groups is 1. The number of cyclic esters (lactones) is 1. The van der Waals surface area contributed by atoms with Gasteiger partial charge in [0.25, 0.3) is 0 Å². The lowest BCUT2D eigenvalue weighted by Crippen LogP contribution is -2.23. The van der Waals surface area contributed by atoms with Crippen LogP contribution in [0.25, 0.3) is 0 Å². The van der Waals surface area contributed by atoms with Gasteiger partial charge in [0, 0.05) is 0 Å². The van der Waals surface area contributed by atoms with E-state index >= 15 is 0 Å². The number of esters is 1. The third kappa shape index (κ3) is 0.732. The predicted octanol–water partition coefficient (Wildman–Crippen LogP) is 0.960. The first kappa shape index (κ1) is 5.27. The van der Waals surface area contributed by atoms with Crippen molar-refractivity contribution in [2.24, 2.45) is 11.8 Å². The highest BCUT2D eigenvalue weighted by Crippen LogP contribution is 2.35. The van der Waals surface area contributed by atoms with Crippen molar-refractivity contribution >= 4 is 5.97 Å². The molecule has 0 N–H and O–H groups in total. The quantitative estimate of drug-likeness (QED) is 0.452. The van der Waals surface area contributed by atoms with Crippen LogP contribution in [0.15, 0.2) is 0 Å². The van der Waals surface area contributed by atoms with Crippen molar-refractivity contribution in [2.75, 3.05) is 6.61 Å². The van der Waals surface area contributed by atoms with E-state index in [0.717, 1.165) is 12.8 Å². The van der Waals surface area contributed by atoms with Crippen LogP contribution >= 0.6 is 0 Å². The highest BCUT2D eigenvalue weighted by Gasteiger charge is 2.35. The standard InChI is InChI=1S/C7H10O2/c8-7-6-2-1-5(3-6)4-9-7/h5-6H,1-4H2/t5-,6+/m1/s1. The second-order valence-corrected chi connectivity index (χ2v) is 3.01. The van der Waals surface area contributed by atoms with Crippen molar-refractivity contribution in [1.82, 2.24) is 0 Å². The predicted molar refractivity (Wildman–Crippen MR) is 31.8 cm³/mol. The Labute approximate surface area is 54.2 Å². The summed E-state index contributed by atoms with van der Waals surface area (Å²) in [5, 5.41) is 0. The summed E-state index contributed by atoms with van der Waals surface area (Å²) < 4.78 is 4.93. The Hall–Kier alpha value is -0.530. The van der Waals surface area contributed by atoms with Crippen molar-refractivity contribution in [3.63, 3.8) is 0 Å². The average Bonchev–Trinajstić information content (AvgIpc) is 2.25. The summed E-state index contributed by atoms with van der Waals surface area (Å²) in [5.74, 6) is 1.01. The first-order chi connectivity index (χ1) is 4.36. The van der Waals surface area contributed by atoms with Crippen molar-refractivity contribution in [2.45, 2.75) is 19.3 Å². The van der Waals surface area contributed by atoms with Crippen LogP contribution in [0.2, 0.25) is 0 Å². The topological polar surface area (TPSA) is 26.3 Å². The molecular formula is C7H10O2. The fourth-order valence-electron chi connectivity index (χ4n) is 1.76. The molecule has 0 amide bonds. The highest BCUT2D eigenvalue weighted by atomic mass is 16.5. The minimum Gasteiger partial charge on any atom is -0.465 e. The lowest BCUT2D eigenvalue weighted by Gasteiger charge is -2.17. The largest absolute Gasteiger partial charge is 0.465 e. The zero-order valence-electron chi connectivity index (χ0n) is 5.30. The summed E-state index contributed by atoms with van der Waals surface area (Å²) in [6, 6.07) is 0. The van der Waals surface area contributed by atoms with E-state index in [-0.39, 0.29) is 11.9 Å². The summed E-state index contributed by atoms with van der Waals surface area (Å²) in [5.41, 5.74) is 0. The Balaban J connectivity index is 2.14. The fraction of sp³-hybridized carbons (Fsp3) is 0.857. The molecule has 1 saturated carbocycles. The molecule has 1 heterocycles. The van der Waals surface area contributed by atoms with Crippen molar-refractivity contribution in [3.05, 3.63) is 0 Å². The molecule has 50 valence electrons. The Morgan fingerprint density at radius 2 is 2.33 bits per heavy atom. The summed E-state index contributed by atoms with van der Waals surface area (Å²) in [6.07, 6.45) is 3.37. The number of hydrogen-bond acceptors (Lipinski definition) is 2. The van der Waals surface area contributed by atoms with Gasteiger partial charge in [-0.3, -0.25) is 4.79 Å². The lowest BCUT2D eigenvalue weighted by molar-refractivity contribution is -0.152. The Kier molecular flexibility index (Phi) is 1.01.